The van der Waals surface area contributed by atoms with Gasteiger partial charge in [-0.3, -0.25) is 0 Å². The number of anilines is 2. The van der Waals surface area contributed by atoms with Crippen LogP contribution in [0.5, 0.6) is 0 Å². The Balaban J connectivity index is 2.06. The molecule has 0 amide bonds. The molecule has 0 spiro atoms. The lowest BCUT2D eigenvalue weighted by Gasteiger charge is -2.19. The fourth-order valence-corrected chi connectivity index (χ4v) is 2.68. The summed E-state index contributed by atoms with van der Waals surface area (Å²) in [6, 6.07) is 8.88. The van der Waals surface area contributed by atoms with Gasteiger partial charge in [0, 0.05) is 23.8 Å². The van der Waals surface area contributed by atoms with Crippen molar-refractivity contribution in [2.75, 3.05) is 11.4 Å². The first-order valence-corrected chi connectivity index (χ1v) is 6.80. The Morgan fingerprint density at radius 3 is 2.95 bits per heavy atom. The summed E-state index contributed by atoms with van der Waals surface area (Å²) >= 11 is 5.90. The van der Waals surface area contributed by atoms with Crippen molar-refractivity contribution in [3.05, 3.63) is 53.0 Å². The maximum atomic E-state index is 13.4. The van der Waals surface area contributed by atoms with Gasteiger partial charge in [0.05, 0.1) is 0 Å². The number of hydrogen-bond acceptors (Lipinski definition) is 2. The van der Waals surface area contributed by atoms with Gasteiger partial charge in [0.1, 0.15) is 11.6 Å². The number of hydrogen-bond donors (Lipinski definition) is 0. The van der Waals surface area contributed by atoms with Gasteiger partial charge in [-0.25, -0.2) is 9.37 Å². The Labute approximate surface area is 116 Å². The Morgan fingerprint density at radius 1 is 1.32 bits per heavy atom. The maximum absolute atomic E-state index is 13.4. The smallest absolute Gasteiger partial charge is 0.133 e. The zero-order valence-electron chi connectivity index (χ0n) is 10.7. The normalized spacial score (nSPS) is 13.7. The molecule has 19 heavy (non-hydrogen) atoms. The predicted octanol–water partition coefficient (Wildman–Crippen LogP) is 3.96. The van der Waals surface area contributed by atoms with Gasteiger partial charge >= 0.3 is 0 Å². The van der Waals surface area contributed by atoms with Crippen LogP contribution in [0.2, 0.25) is 0 Å². The maximum Gasteiger partial charge on any atom is 0.133 e. The first kappa shape index (κ1) is 12.4. The molecule has 0 bridgehead atoms. The highest BCUT2D eigenvalue weighted by atomic mass is 35.5. The van der Waals surface area contributed by atoms with Crippen molar-refractivity contribution in [3.8, 4) is 0 Å². The highest BCUT2D eigenvalue weighted by molar-refractivity contribution is 6.17. The second kappa shape index (κ2) is 4.82. The molecule has 0 N–H and O–H groups in total. The molecule has 0 aliphatic carbocycles. The number of aromatic nitrogens is 1. The molecule has 2 heterocycles. The standard InChI is InChI=1S/C15H14ClFN2/c1-10-6-11(9-16)7-15(18-10)19-5-4-12-2-3-13(17)8-14(12)19/h2-3,6-8H,4-5,9H2,1H3. The van der Waals surface area contributed by atoms with E-state index in [9.17, 15) is 4.39 Å². The lowest BCUT2D eigenvalue weighted by atomic mass is 10.1. The monoisotopic (exact) mass is 276 g/mol. The minimum atomic E-state index is -0.212. The van der Waals surface area contributed by atoms with E-state index in [4.69, 9.17) is 11.6 Å². The summed E-state index contributed by atoms with van der Waals surface area (Å²) in [5, 5.41) is 0. The summed E-state index contributed by atoms with van der Waals surface area (Å²) < 4.78 is 13.4. The van der Waals surface area contributed by atoms with E-state index in [0.717, 1.165) is 41.3 Å². The SMILES string of the molecule is Cc1cc(CCl)cc(N2CCc3ccc(F)cc32)n1. The average molecular weight is 277 g/mol. The summed E-state index contributed by atoms with van der Waals surface area (Å²) in [4.78, 5) is 6.59. The van der Waals surface area contributed by atoms with Crippen molar-refractivity contribution in [2.45, 2.75) is 19.2 Å². The number of aryl methyl sites for hydroxylation is 1. The van der Waals surface area contributed by atoms with Gasteiger partial charge in [-0.1, -0.05) is 6.07 Å². The molecule has 0 saturated carbocycles. The summed E-state index contributed by atoms with van der Waals surface area (Å²) in [5.74, 6) is 1.09. The predicted molar refractivity (Wildman–Crippen MR) is 75.6 cm³/mol. The average Bonchev–Trinajstić information content (AvgIpc) is 2.80. The van der Waals surface area contributed by atoms with Gasteiger partial charge in [0.15, 0.2) is 0 Å². The second-order valence-electron chi connectivity index (χ2n) is 4.78. The van der Waals surface area contributed by atoms with Crippen LogP contribution in [-0.2, 0) is 12.3 Å². The molecule has 1 aromatic carbocycles. The van der Waals surface area contributed by atoms with Crippen LogP contribution in [0.4, 0.5) is 15.9 Å². The molecule has 0 unspecified atom stereocenters. The first-order chi connectivity index (χ1) is 9.17. The first-order valence-electron chi connectivity index (χ1n) is 6.27. The third kappa shape index (κ3) is 2.30. The zero-order chi connectivity index (χ0) is 13.4. The van der Waals surface area contributed by atoms with Crippen LogP contribution in [0.3, 0.4) is 0 Å². The fourth-order valence-electron chi connectivity index (χ4n) is 2.53. The van der Waals surface area contributed by atoms with E-state index in [0.29, 0.717) is 5.88 Å². The number of halogens is 2. The zero-order valence-corrected chi connectivity index (χ0v) is 11.4. The number of benzene rings is 1. The Morgan fingerprint density at radius 2 is 2.16 bits per heavy atom. The molecule has 3 rings (SSSR count). The minimum absolute atomic E-state index is 0.212. The van der Waals surface area contributed by atoms with Crippen molar-refractivity contribution in [2.24, 2.45) is 0 Å². The van der Waals surface area contributed by atoms with Gasteiger partial charge in [-0.15, -0.1) is 11.6 Å². The van der Waals surface area contributed by atoms with Gasteiger partial charge in [0.25, 0.3) is 0 Å². The summed E-state index contributed by atoms with van der Waals surface area (Å²) in [6.45, 7) is 2.78. The lowest BCUT2D eigenvalue weighted by molar-refractivity contribution is 0.628. The van der Waals surface area contributed by atoms with Crippen LogP contribution in [0.25, 0.3) is 0 Å². The molecule has 1 aliphatic heterocycles. The van der Waals surface area contributed by atoms with Crippen LogP contribution < -0.4 is 4.90 Å². The van der Waals surface area contributed by atoms with Crippen LogP contribution in [-0.4, -0.2) is 11.5 Å². The molecule has 0 atom stereocenters. The molecular formula is C15H14ClFN2. The fraction of sp³-hybridized carbons (Fsp3) is 0.267. The highest BCUT2D eigenvalue weighted by Crippen LogP contribution is 2.34. The van der Waals surface area contributed by atoms with Crippen molar-refractivity contribution >= 4 is 23.1 Å². The van der Waals surface area contributed by atoms with E-state index < -0.39 is 0 Å². The molecule has 0 saturated heterocycles. The molecule has 1 aliphatic rings. The third-order valence-corrected chi connectivity index (χ3v) is 3.68. The van der Waals surface area contributed by atoms with Gasteiger partial charge in [-0.2, -0.15) is 0 Å². The number of pyridine rings is 1. The molecule has 4 heteroatoms. The second-order valence-corrected chi connectivity index (χ2v) is 5.05. The largest absolute Gasteiger partial charge is 0.326 e. The topological polar surface area (TPSA) is 16.1 Å². The quantitative estimate of drug-likeness (QED) is 0.772. The van der Waals surface area contributed by atoms with Crippen molar-refractivity contribution in [3.63, 3.8) is 0 Å². The molecule has 0 fully saturated rings. The van der Waals surface area contributed by atoms with E-state index >= 15 is 0 Å². The number of rotatable bonds is 2. The molecule has 98 valence electrons. The molecule has 2 nitrogen and oxygen atoms in total. The third-order valence-electron chi connectivity index (χ3n) is 3.37. The Kier molecular flexibility index (Phi) is 3.15. The van der Waals surface area contributed by atoms with E-state index in [2.05, 4.69) is 9.88 Å². The number of fused-ring (bicyclic) bond motifs is 1. The van der Waals surface area contributed by atoms with Crippen LogP contribution in [0.15, 0.2) is 30.3 Å². The number of nitrogens with zero attached hydrogens (tertiary/aromatic N) is 2. The highest BCUT2D eigenvalue weighted by Gasteiger charge is 2.22. The minimum Gasteiger partial charge on any atom is -0.326 e. The lowest BCUT2D eigenvalue weighted by Crippen LogP contribution is -2.15. The summed E-state index contributed by atoms with van der Waals surface area (Å²) in [6.07, 6.45) is 0.918. The van der Waals surface area contributed by atoms with E-state index in [1.165, 1.54) is 6.07 Å². The number of alkyl halides is 1. The Hall–Kier alpha value is -1.61. The van der Waals surface area contributed by atoms with Gasteiger partial charge in [0.2, 0.25) is 0 Å². The molecular weight excluding hydrogens is 263 g/mol. The van der Waals surface area contributed by atoms with Crippen LogP contribution >= 0.6 is 11.6 Å². The van der Waals surface area contributed by atoms with Crippen LogP contribution in [0, 0.1) is 12.7 Å². The molecule has 2 aromatic rings. The molecule has 1 aromatic heterocycles. The molecule has 0 radical (unpaired) electrons. The van der Waals surface area contributed by atoms with Crippen molar-refractivity contribution < 1.29 is 4.39 Å². The van der Waals surface area contributed by atoms with Gasteiger partial charge < -0.3 is 4.90 Å². The van der Waals surface area contributed by atoms with Crippen LogP contribution in [0.1, 0.15) is 16.8 Å². The summed E-state index contributed by atoms with van der Waals surface area (Å²) in [5.41, 5.74) is 4.04. The van der Waals surface area contributed by atoms with Crippen molar-refractivity contribution in [1.29, 1.82) is 0 Å². The van der Waals surface area contributed by atoms with E-state index in [-0.39, 0.29) is 5.82 Å². The van der Waals surface area contributed by atoms with Gasteiger partial charge in [-0.05, 0) is 48.7 Å². The Bertz CT molecular complexity index is 628. The van der Waals surface area contributed by atoms with E-state index in [1.54, 1.807) is 6.07 Å². The van der Waals surface area contributed by atoms with Crippen molar-refractivity contribution in [1.82, 2.24) is 4.98 Å². The summed E-state index contributed by atoms with van der Waals surface area (Å²) in [7, 11) is 0. The van der Waals surface area contributed by atoms with E-state index in [1.807, 2.05) is 25.1 Å².